The van der Waals surface area contributed by atoms with Crippen molar-refractivity contribution in [1.82, 2.24) is 9.47 Å². The Kier molecular flexibility index (Phi) is 6.01. The first-order valence-corrected chi connectivity index (χ1v) is 10.8. The first-order chi connectivity index (χ1) is 15.8. The maximum Gasteiger partial charge on any atom is 0.328 e. The molecule has 2 aromatic carbocycles. The number of nitrogens with zero attached hydrogens (tertiary/aromatic N) is 3. The van der Waals surface area contributed by atoms with Crippen LogP contribution in [0.1, 0.15) is 18.1 Å². The number of imide groups is 1. The first kappa shape index (κ1) is 22.3. The normalized spacial score (nSPS) is 15.9. The molecule has 1 aliphatic heterocycles. The summed E-state index contributed by atoms with van der Waals surface area (Å²) in [7, 11) is 1.20. The van der Waals surface area contributed by atoms with Gasteiger partial charge in [0.15, 0.2) is 0 Å². The molecule has 1 fully saturated rings. The fourth-order valence-corrected chi connectivity index (χ4v) is 4.57. The Labute approximate surface area is 192 Å². The summed E-state index contributed by atoms with van der Waals surface area (Å²) in [5, 5.41) is 11.2. The minimum Gasteiger partial charge on any atom is -0.467 e. The SMILES string of the molecule is COC(=O)[C@H](C)N1C(=O)S/C(=C/c2cn(Cc3ccc([N+](=O)[O-])cc3)c3ccccc23)C1=O. The molecule has 0 unspecified atom stereocenters. The van der Waals surface area contributed by atoms with Crippen molar-refractivity contribution in [3.8, 4) is 0 Å². The average molecular weight is 465 g/mol. The van der Waals surface area contributed by atoms with Crippen molar-refractivity contribution in [2.75, 3.05) is 7.11 Å². The van der Waals surface area contributed by atoms with Crippen molar-refractivity contribution >= 4 is 51.5 Å². The van der Waals surface area contributed by atoms with Crippen LogP contribution in [-0.2, 0) is 20.9 Å². The molecule has 0 aliphatic carbocycles. The number of thioether (sulfide) groups is 1. The minimum absolute atomic E-state index is 0.0220. The molecule has 168 valence electrons. The van der Waals surface area contributed by atoms with Gasteiger partial charge in [0.25, 0.3) is 16.8 Å². The summed E-state index contributed by atoms with van der Waals surface area (Å²) in [5.41, 5.74) is 2.54. The number of amides is 2. The predicted octanol–water partition coefficient (Wildman–Crippen LogP) is 4.20. The van der Waals surface area contributed by atoms with Gasteiger partial charge in [-0.15, -0.1) is 0 Å². The highest BCUT2D eigenvalue weighted by Crippen LogP contribution is 2.35. The molecule has 0 radical (unpaired) electrons. The van der Waals surface area contributed by atoms with Crippen LogP contribution in [0, 0.1) is 10.1 Å². The van der Waals surface area contributed by atoms with E-state index in [2.05, 4.69) is 4.74 Å². The lowest BCUT2D eigenvalue weighted by Crippen LogP contribution is -2.42. The van der Waals surface area contributed by atoms with Gasteiger partial charge in [0.1, 0.15) is 6.04 Å². The molecule has 9 nitrogen and oxygen atoms in total. The molecule has 1 aliphatic rings. The zero-order valence-electron chi connectivity index (χ0n) is 17.8. The van der Waals surface area contributed by atoms with Crippen molar-refractivity contribution in [1.29, 1.82) is 0 Å². The number of ether oxygens (including phenoxy) is 1. The van der Waals surface area contributed by atoms with E-state index < -0.39 is 28.1 Å². The number of benzene rings is 2. The summed E-state index contributed by atoms with van der Waals surface area (Å²) in [6, 6.07) is 12.9. The lowest BCUT2D eigenvalue weighted by Gasteiger charge is -2.18. The Morgan fingerprint density at radius 1 is 1.18 bits per heavy atom. The van der Waals surface area contributed by atoms with Crippen molar-refractivity contribution in [3.05, 3.63) is 80.9 Å². The fraction of sp³-hybridized carbons (Fsp3) is 0.174. The molecule has 2 amide bonds. The second-order valence-electron chi connectivity index (χ2n) is 7.40. The van der Waals surface area contributed by atoms with Gasteiger partial charge < -0.3 is 9.30 Å². The Hall–Kier alpha value is -3.92. The van der Waals surface area contributed by atoms with E-state index in [1.807, 2.05) is 35.0 Å². The van der Waals surface area contributed by atoms with Crippen LogP contribution in [0.25, 0.3) is 17.0 Å². The van der Waals surface area contributed by atoms with E-state index in [0.717, 1.165) is 38.7 Å². The molecule has 0 N–H and O–H groups in total. The number of hydrogen-bond donors (Lipinski definition) is 0. The topological polar surface area (TPSA) is 112 Å². The van der Waals surface area contributed by atoms with Gasteiger partial charge in [-0.25, -0.2) is 4.79 Å². The molecule has 10 heteroatoms. The number of non-ortho nitro benzene ring substituents is 1. The highest BCUT2D eigenvalue weighted by atomic mass is 32.2. The van der Waals surface area contributed by atoms with Gasteiger partial charge in [-0.1, -0.05) is 30.3 Å². The van der Waals surface area contributed by atoms with Crippen molar-refractivity contribution in [2.24, 2.45) is 0 Å². The lowest BCUT2D eigenvalue weighted by molar-refractivity contribution is -0.384. The van der Waals surface area contributed by atoms with Crippen LogP contribution in [0.4, 0.5) is 10.5 Å². The fourth-order valence-electron chi connectivity index (χ4n) is 3.67. The number of para-hydroxylation sites is 1. The summed E-state index contributed by atoms with van der Waals surface area (Å²) >= 11 is 0.777. The average Bonchev–Trinajstić information content (AvgIpc) is 3.29. The van der Waals surface area contributed by atoms with Crippen LogP contribution in [-0.4, -0.2) is 44.7 Å². The summed E-state index contributed by atoms with van der Waals surface area (Å²) in [4.78, 5) is 48.6. The number of aromatic nitrogens is 1. The molecule has 0 saturated carbocycles. The van der Waals surface area contributed by atoms with Crippen LogP contribution in [0.2, 0.25) is 0 Å². The van der Waals surface area contributed by atoms with Crippen molar-refractivity contribution in [3.63, 3.8) is 0 Å². The third-order valence-electron chi connectivity index (χ3n) is 5.36. The van der Waals surface area contributed by atoms with Gasteiger partial charge >= 0.3 is 5.97 Å². The number of methoxy groups -OCH3 is 1. The molecule has 33 heavy (non-hydrogen) atoms. The molecule has 3 aromatic rings. The number of carbonyl (C=O) groups is 3. The number of nitro benzene ring substituents is 1. The number of carbonyl (C=O) groups excluding carboxylic acids is 3. The third kappa shape index (κ3) is 4.24. The quantitative estimate of drug-likeness (QED) is 0.232. The summed E-state index contributed by atoms with van der Waals surface area (Å²) in [6.07, 6.45) is 3.51. The molecule has 2 heterocycles. The number of fused-ring (bicyclic) bond motifs is 1. The van der Waals surface area contributed by atoms with Crippen LogP contribution >= 0.6 is 11.8 Å². The number of hydrogen-bond acceptors (Lipinski definition) is 7. The molecule has 0 bridgehead atoms. The molecule has 1 saturated heterocycles. The van der Waals surface area contributed by atoms with Gasteiger partial charge in [-0.3, -0.25) is 24.6 Å². The molecular formula is C23H19N3O6S. The van der Waals surface area contributed by atoms with Gasteiger partial charge in [0.05, 0.1) is 16.9 Å². The number of esters is 1. The smallest absolute Gasteiger partial charge is 0.328 e. The van der Waals surface area contributed by atoms with E-state index in [9.17, 15) is 24.5 Å². The van der Waals surface area contributed by atoms with E-state index in [4.69, 9.17) is 0 Å². The zero-order chi connectivity index (χ0) is 23.7. The van der Waals surface area contributed by atoms with Crippen LogP contribution in [0.3, 0.4) is 0 Å². The van der Waals surface area contributed by atoms with Crippen molar-refractivity contribution in [2.45, 2.75) is 19.5 Å². The lowest BCUT2D eigenvalue weighted by atomic mass is 10.1. The summed E-state index contributed by atoms with van der Waals surface area (Å²) in [5.74, 6) is -1.21. The maximum atomic E-state index is 12.8. The van der Waals surface area contributed by atoms with E-state index in [1.54, 1.807) is 18.2 Å². The Morgan fingerprint density at radius 3 is 2.55 bits per heavy atom. The monoisotopic (exact) mass is 465 g/mol. The second-order valence-corrected chi connectivity index (χ2v) is 8.40. The van der Waals surface area contributed by atoms with Gasteiger partial charge in [0.2, 0.25) is 0 Å². The molecule has 1 atom stereocenters. The summed E-state index contributed by atoms with van der Waals surface area (Å²) < 4.78 is 6.63. The highest BCUT2D eigenvalue weighted by molar-refractivity contribution is 8.18. The first-order valence-electron chi connectivity index (χ1n) is 9.96. The minimum atomic E-state index is -1.02. The van der Waals surface area contributed by atoms with Crippen molar-refractivity contribution < 1.29 is 24.0 Å². The van der Waals surface area contributed by atoms with Crippen LogP contribution in [0.5, 0.6) is 0 Å². The zero-order valence-corrected chi connectivity index (χ0v) is 18.6. The molecule has 4 rings (SSSR count). The molecule has 1 aromatic heterocycles. The number of nitro groups is 1. The predicted molar refractivity (Wildman–Crippen MR) is 123 cm³/mol. The van der Waals surface area contributed by atoms with Gasteiger partial charge in [-0.05, 0) is 36.4 Å². The van der Waals surface area contributed by atoms with Gasteiger partial charge in [-0.2, -0.15) is 0 Å². The van der Waals surface area contributed by atoms with Crippen LogP contribution < -0.4 is 0 Å². The Morgan fingerprint density at radius 2 is 1.88 bits per heavy atom. The Bertz CT molecular complexity index is 1310. The maximum absolute atomic E-state index is 12.8. The standard InChI is InChI=1S/C23H19N3O6S/c1-14(22(28)32-2)25-21(27)20(33-23(25)29)11-16-13-24(19-6-4-3-5-18(16)19)12-15-7-9-17(10-8-15)26(30)31/h3-11,13-14H,12H2,1-2H3/b20-11+/t14-/m0/s1. The van der Waals surface area contributed by atoms with E-state index in [0.29, 0.717) is 6.54 Å². The van der Waals surface area contributed by atoms with E-state index >= 15 is 0 Å². The van der Waals surface area contributed by atoms with E-state index in [1.165, 1.54) is 26.2 Å². The molecule has 0 spiro atoms. The largest absolute Gasteiger partial charge is 0.467 e. The van der Waals surface area contributed by atoms with Gasteiger partial charge in [0, 0.05) is 41.3 Å². The summed E-state index contributed by atoms with van der Waals surface area (Å²) in [6.45, 7) is 1.91. The molecular weight excluding hydrogens is 446 g/mol. The third-order valence-corrected chi connectivity index (χ3v) is 6.24. The second kappa shape index (κ2) is 8.91. The van der Waals surface area contributed by atoms with E-state index in [-0.39, 0.29) is 10.6 Å². The van der Waals surface area contributed by atoms with Crippen LogP contribution in [0.15, 0.2) is 59.6 Å². The Balaban J connectivity index is 1.67. The number of rotatable bonds is 6. The highest BCUT2D eigenvalue weighted by Gasteiger charge is 2.41.